The zero-order valence-electron chi connectivity index (χ0n) is 12.3. The van der Waals surface area contributed by atoms with E-state index in [9.17, 15) is 4.39 Å². The highest BCUT2D eigenvalue weighted by atomic mass is 35.5. The molecule has 3 rings (SSSR count). The molecule has 1 aliphatic rings. The summed E-state index contributed by atoms with van der Waals surface area (Å²) in [5.74, 6) is 0.439. The average Bonchev–Trinajstić information content (AvgIpc) is 3.02. The van der Waals surface area contributed by atoms with E-state index in [0.717, 1.165) is 37.5 Å². The summed E-state index contributed by atoms with van der Waals surface area (Å²) in [7, 11) is 0. The van der Waals surface area contributed by atoms with E-state index < -0.39 is 0 Å². The van der Waals surface area contributed by atoms with Crippen molar-refractivity contribution in [3.8, 4) is 0 Å². The van der Waals surface area contributed by atoms with Gasteiger partial charge >= 0.3 is 0 Å². The summed E-state index contributed by atoms with van der Waals surface area (Å²) >= 11 is 6.41. The molecule has 1 aromatic heterocycles. The van der Waals surface area contributed by atoms with Crippen LogP contribution in [0.5, 0.6) is 0 Å². The lowest BCUT2D eigenvalue weighted by Crippen LogP contribution is -2.45. The van der Waals surface area contributed by atoms with Crippen LogP contribution in [0.2, 0.25) is 5.02 Å². The third-order valence-corrected chi connectivity index (χ3v) is 4.42. The van der Waals surface area contributed by atoms with E-state index in [1.807, 2.05) is 19.1 Å². The van der Waals surface area contributed by atoms with Gasteiger partial charge in [0.1, 0.15) is 11.6 Å². The van der Waals surface area contributed by atoms with E-state index in [2.05, 4.69) is 10.2 Å². The Morgan fingerprint density at radius 2 is 2.00 bits per heavy atom. The maximum absolute atomic E-state index is 14.5. The normalized spacial score (nSPS) is 17.0. The van der Waals surface area contributed by atoms with Crippen molar-refractivity contribution in [1.29, 1.82) is 0 Å². The van der Waals surface area contributed by atoms with Crippen LogP contribution in [0.25, 0.3) is 0 Å². The van der Waals surface area contributed by atoms with Crippen molar-refractivity contribution in [2.24, 2.45) is 0 Å². The Morgan fingerprint density at radius 3 is 2.64 bits per heavy atom. The first-order valence-corrected chi connectivity index (χ1v) is 7.49. The molecule has 1 atom stereocenters. The Bertz CT molecular complexity index is 613. The lowest BCUT2D eigenvalue weighted by atomic mass is 9.99. The van der Waals surface area contributed by atoms with Gasteiger partial charge in [0.2, 0.25) is 0 Å². The molecule has 0 spiro atoms. The van der Waals surface area contributed by atoms with E-state index in [4.69, 9.17) is 16.0 Å². The summed E-state index contributed by atoms with van der Waals surface area (Å²) in [4.78, 5) is 2.21. The van der Waals surface area contributed by atoms with Crippen molar-refractivity contribution in [3.63, 3.8) is 0 Å². The molecule has 0 amide bonds. The van der Waals surface area contributed by atoms with E-state index in [-0.39, 0.29) is 24.3 Å². The van der Waals surface area contributed by atoms with Crippen LogP contribution in [0.3, 0.4) is 0 Å². The topological polar surface area (TPSA) is 28.4 Å². The van der Waals surface area contributed by atoms with Gasteiger partial charge in [-0.15, -0.1) is 12.4 Å². The number of furan rings is 1. The first-order chi connectivity index (χ1) is 10.2. The predicted molar refractivity (Wildman–Crippen MR) is 88.4 cm³/mol. The van der Waals surface area contributed by atoms with Crippen LogP contribution in [0.1, 0.15) is 22.9 Å². The first kappa shape index (κ1) is 17.3. The van der Waals surface area contributed by atoms with Gasteiger partial charge in [0.25, 0.3) is 0 Å². The number of nitrogens with one attached hydrogen (secondary N) is 1. The summed E-state index contributed by atoms with van der Waals surface area (Å²) in [5.41, 5.74) is 1.38. The fourth-order valence-corrected chi connectivity index (χ4v) is 3.08. The number of piperazine rings is 1. The van der Waals surface area contributed by atoms with Gasteiger partial charge in [-0.25, -0.2) is 4.39 Å². The molecule has 1 N–H and O–H groups in total. The summed E-state index contributed by atoms with van der Waals surface area (Å²) < 4.78 is 20.0. The molecule has 6 heteroatoms. The summed E-state index contributed by atoms with van der Waals surface area (Å²) in [5, 5.41) is 3.79. The SMILES string of the molecule is Cc1ccc(F)c([C@H](c2ccco2)N2CCNCC2)c1Cl.Cl. The van der Waals surface area contributed by atoms with E-state index in [1.165, 1.54) is 6.07 Å². The Balaban J connectivity index is 0.00000176. The molecule has 0 saturated carbocycles. The molecule has 1 aliphatic heterocycles. The van der Waals surface area contributed by atoms with Crippen LogP contribution in [0, 0.1) is 12.7 Å². The van der Waals surface area contributed by atoms with Crippen LogP contribution in [-0.2, 0) is 0 Å². The van der Waals surface area contributed by atoms with Gasteiger partial charge in [-0.05, 0) is 30.7 Å². The second-order valence-electron chi connectivity index (χ2n) is 5.30. The Hall–Kier alpha value is -1.07. The fourth-order valence-electron chi connectivity index (χ4n) is 2.82. The predicted octanol–water partition coefficient (Wildman–Crippen LogP) is 3.80. The molecule has 0 bridgehead atoms. The number of hydrogen-bond donors (Lipinski definition) is 1. The zero-order valence-corrected chi connectivity index (χ0v) is 13.9. The first-order valence-electron chi connectivity index (χ1n) is 7.11. The molecule has 1 fully saturated rings. The molecule has 0 unspecified atom stereocenters. The smallest absolute Gasteiger partial charge is 0.129 e. The molecular weight excluding hydrogens is 326 g/mol. The largest absolute Gasteiger partial charge is 0.467 e. The fraction of sp³-hybridized carbons (Fsp3) is 0.375. The number of halogens is 3. The van der Waals surface area contributed by atoms with Crippen molar-refractivity contribution >= 4 is 24.0 Å². The van der Waals surface area contributed by atoms with E-state index >= 15 is 0 Å². The van der Waals surface area contributed by atoms with Crippen LogP contribution in [-0.4, -0.2) is 31.1 Å². The summed E-state index contributed by atoms with van der Waals surface area (Å²) in [6, 6.07) is 6.61. The summed E-state index contributed by atoms with van der Waals surface area (Å²) in [6.45, 7) is 5.30. The highest BCUT2D eigenvalue weighted by Crippen LogP contribution is 2.37. The van der Waals surface area contributed by atoms with Crippen LogP contribution in [0.15, 0.2) is 34.9 Å². The van der Waals surface area contributed by atoms with Crippen molar-refractivity contribution < 1.29 is 8.81 Å². The highest BCUT2D eigenvalue weighted by Gasteiger charge is 2.30. The second kappa shape index (κ2) is 7.47. The highest BCUT2D eigenvalue weighted by molar-refractivity contribution is 6.32. The van der Waals surface area contributed by atoms with Gasteiger partial charge in [-0.2, -0.15) is 0 Å². The Kier molecular flexibility index (Phi) is 5.87. The van der Waals surface area contributed by atoms with E-state index in [0.29, 0.717) is 10.6 Å². The molecule has 2 heterocycles. The molecule has 120 valence electrons. The van der Waals surface area contributed by atoms with Gasteiger partial charge in [0.05, 0.1) is 17.3 Å². The minimum absolute atomic E-state index is 0. The monoisotopic (exact) mass is 344 g/mol. The molecular formula is C16H19Cl2FN2O. The van der Waals surface area contributed by atoms with Gasteiger partial charge in [-0.3, -0.25) is 4.90 Å². The number of nitrogens with zero attached hydrogens (tertiary/aromatic N) is 1. The lowest BCUT2D eigenvalue weighted by Gasteiger charge is -2.34. The number of rotatable bonds is 3. The molecule has 0 aliphatic carbocycles. The lowest BCUT2D eigenvalue weighted by molar-refractivity contribution is 0.177. The van der Waals surface area contributed by atoms with Crippen LogP contribution in [0.4, 0.5) is 4.39 Å². The third kappa shape index (κ3) is 3.30. The van der Waals surface area contributed by atoms with Crippen molar-refractivity contribution in [3.05, 3.63) is 58.3 Å². The molecule has 22 heavy (non-hydrogen) atoms. The maximum atomic E-state index is 14.5. The van der Waals surface area contributed by atoms with E-state index in [1.54, 1.807) is 12.3 Å². The number of benzene rings is 1. The quantitative estimate of drug-likeness (QED) is 0.917. The van der Waals surface area contributed by atoms with Gasteiger partial charge in [-0.1, -0.05) is 17.7 Å². The summed E-state index contributed by atoms with van der Waals surface area (Å²) in [6.07, 6.45) is 1.62. The minimum Gasteiger partial charge on any atom is -0.467 e. The second-order valence-corrected chi connectivity index (χ2v) is 5.67. The zero-order chi connectivity index (χ0) is 14.8. The van der Waals surface area contributed by atoms with Gasteiger partial charge < -0.3 is 9.73 Å². The molecule has 3 nitrogen and oxygen atoms in total. The Morgan fingerprint density at radius 1 is 1.27 bits per heavy atom. The molecule has 1 aromatic carbocycles. The molecule has 2 aromatic rings. The molecule has 1 saturated heterocycles. The standard InChI is InChI=1S/C16H18ClFN2O.ClH/c1-11-4-5-12(18)14(15(11)17)16(13-3-2-10-21-13)20-8-6-19-7-9-20;/h2-5,10,16,19H,6-9H2,1H3;1H/t16-;/m0./s1. The molecule has 0 radical (unpaired) electrons. The number of hydrogen-bond acceptors (Lipinski definition) is 3. The third-order valence-electron chi connectivity index (χ3n) is 3.92. The minimum atomic E-state index is -0.287. The van der Waals surface area contributed by atoms with Crippen LogP contribution >= 0.6 is 24.0 Å². The number of aryl methyl sites for hydroxylation is 1. The van der Waals surface area contributed by atoms with Gasteiger partial charge in [0.15, 0.2) is 0 Å². The Labute approximate surface area is 140 Å². The van der Waals surface area contributed by atoms with Gasteiger partial charge in [0, 0.05) is 31.7 Å². The van der Waals surface area contributed by atoms with Crippen molar-refractivity contribution in [2.45, 2.75) is 13.0 Å². The van der Waals surface area contributed by atoms with Crippen molar-refractivity contribution in [2.75, 3.05) is 26.2 Å². The maximum Gasteiger partial charge on any atom is 0.129 e. The van der Waals surface area contributed by atoms with Crippen LogP contribution < -0.4 is 5.32 Å². The average molecular weight is 345 g/mol. The van der Waals surface area contributed by atoms with Crippen molar-refractivity contribution in [1.82, 2.24) is 10.2 Å².